The zero-order valence-corrected chi connectivity index (χ0v) is 15.2. The van der Waals surface area contributed by atoms with Gasteiger partial charge in [0.25, 0.3) is 5.56 Å². The second-order valence-corrected chi connectivity index (χ2v) is 7.48. The standard InChI is InChI=1S/C17H20N2O6S/c1-3-19(4-2)26(24,25)13-6-8-17(23)18(10-13)11-16(22)12-5-7-14(20)15(21)9-12/h5-10,20-21H,3-4,11H2,1-2H3. The van der Waals surface area contributed by atoms with Crippen LogP contribution in [0.4, 0.5) is 0 Å². The van der Waals surface area contributed by atoms with Gasteiger partial charge in [0, 0.05) is 30.9 Å². The lowest BCUT2D eigenvalue weighted by atomic mass is 10.1. The number of pyridine rings is 1. The molecule has 26 heavy (non-hydrogen) atoms. The molecule has 0 bridgehead atoms. The molecule has 0 aliphatic carbocycles. The molecule has 1 heterocycles. The average molecular weight is 380 g/mol. The van der Waals surface area contributed by atoms with Gasteiger partial charge in [-0.2, -0.15) is 4.31 Å². The molecule has 0 saturated carbocycles. The minimum atomic E-state index is -3.76. The normalized spacial score (nSPS) is 11.7. The molecule has 0 atom stereocenters. The predicted octanol–water partition coefficient (Wildman–Crippen LogP) is 1.17. The monoisotopic (exact) mass is 380 g/mol. The van der Waals surface area contributed by atoms with E-state index < -0.39 is 33.7 Å². The molecular formula is C17H20N2O6S. The van der Waals surface area contributed by atoms with Crippen LogP contribution in [0.1, 0.15) is 24.2 Å². The first-order chi connectivity index (χ1) is 12.2. The maximum absolute atomic E-state index is 12.6. The fourth-order valence-corrected chi connectivity index (χ4v) is 3.92. The molecule has 1 aromatic heterocycles. The Morgan fingerprint density at radius 3 is 2.31 bits per heavy atom. The van der Waals surface area contributed by atoms with Gasteiger partial charge in [-0.3, -0.25) is 9.59 Å². The number of hydrogen-bond donors (Lipinski definition) is 2. The highest BCUT2D eigenvalue weighted by Gasteiger charge is 2.22. The first-order valence-electron chi connectivity index (χ1n) is 7.96. The minimum Gasteiger partial charge on any atom is -0.504 e. The van der Waals surface area contributed by atoms with Crippen molar-refractivity contribution in [3.8, 4) is 11.5 Å². The van der Waals surface area contributed by atoms with Crippen molar-refractivity contribution in [3.63, 3.8) is 0 Å². The number of benzene rings is 1. The lowest BCUT2D eigenvalue weighted by Crippen LogP contribution is -2.32. The summed E-state index contributed by atoms with van der Waals surface area (Å²) in [6, 6.07) is 5.85. The van der Waals surface area contributed by atoms with Crippen molar-refractivity contribution in [2.24, 2.45) is 0 Å². The number of hydrogen-bond acceptors (Lipinski definition) is 6. The summed E-state index contributed by atoms with van der Waals surface area (Å²) >= 11 is 0. The summed E-state index contributed by atoms with van der Waals surface area (Å²) in [7, 11) is -3.76. The Hall–Kier alpha value is -2.65. The van der Waals surface area contributed by atoms with Gasteiger partial charge < -0.3 is 14.8 Å². The predicted molar refractivity (Wildman–Crippen MR) is 94.9 cm³/mol. The van der Waals surface area contributed by atoms with E-state index in [-0.39, 0.29) is 29.3 Å². The van der Waals surface area contributed by atoms with Gasteiger partial charge >= 0.3 is 0 Å². The lowest BCUT2D eigenvalue weighted by molar-refractivity contribution is 0.0970. The number of rotatable bonds is 7. The molecule has 0 aliphatic heterocycles. The number of phenolic OH excluding ortho intramolecular Hbond substituents is 2. The lowest BCUT2D eigenvalue weighted by Gasteiger charge is -2.19. The van der Waals surface area contributed by atoms with E-state index in [1.165, 1.54) is 16.4 Å². The van der Waals surface area contributed by atoms with Gasteiger partial charge in [-0.05, 0) is 24.3 Å². The number of phenols is 2. The molecule has 0 saturated heterocycles. The second kappa shape index (κ2) is 7.71. The molecule has 140 valence electrons. The van der Waals surface area contributed by atoms with Crippen LogP contribution in [0.25, 0.3) is 0 Å². The van der Waals surface area contributed by atoms with Crippen molar-refractivity contribution in [2.45, 2.75) is 25.3 Å². The van der Waals surface area contributed by atoms with Gasteiger partial charge in [-0.25, -0.2) is 8.42 Å². The van der Waals surface area contributed by atoms with Crippen LogP contribution < -0.4 is 5.56 Å². The van der Waals surface area contributed by atoms with Crippen molar-refractivity contribution < 1.29 is 23.4 Å². The minimum absolute atomic E-state index is 0.0813. The number of sulfonamides is 1. The Bertz CT molecular complexity index is 977. The second-order valence-electron chi connectivity index (χ2n) is 5.55. The molecule has 0 aliphatic rings. The Morgan fingerprint density at radius 1 is 1.08 bits per heavy atom. The maximum Gasteiger partial charge on any atom is 0.251 e. The van der Waals surface area contributed by atoms with Crippen molar-refractivity contribution in [1.29, 1.82) is 0 Å². The van der Waals surface area contributed by atoms with Crippen molar-refractivity contribution in [2.75, 3.05) is 13.1 Å². The molecule has 0 spiro atoms. The molecule has 0 unspecified atom stereocenters. The van der Waals surface area contributed by atoms with E-state index in [2.05, 4.69) is 0 Å². The van der Waals surface area contributed by atoms with E-state index in [0.717, 1.165) is 29.0 Å². The number of carbonyl (C=O) groups excluding carboxylic acids is 1. The topological polar surface area (TPSA) is 117 Å². The average Bonchev–Trinajstić information content (AvgIpc) is 2.59. The summed E-state index contributed by atoms with van der Waals surface area (Å²) in [6.07, 6.45) is 1.13. The summed E-state index contributed by atoms with van der Waals surface area (Å²) in [4.78, 5) is 24.3. The van der Waals surface area contributed by atoms with Gasteiger partial charge in [0.05, 0.1) is 11.4 Å². The Labute approximate surface area is 151 Å². The number of Topliss-reactive ketones (excluding diaryl/α,β-unsaturated/α-hetero) is 1. The van der Waals surface area contributed by atoms with Crippen LogP contribution in [0.5, 0.6) is 11.5 Å². The molecule has 1 aromatic carbocycles. The van der Waals surface area contributed by atoms with E-state index >= 15 is 0 Å². The van der Waals surface area contributed by atoms with Crippen molar-refractivity contribution in [3.05, 3.63) is 52.4 Å². The Kier molecular flexibility index (Phi) is 5.83. The highest BCUT2D eigenvalue weighted by molar-refractivity contribution is 7.89. The van der Waals surface area contributed by atoms with E-state index in [1.54, 1.807) is 13.8 Å². The number of aromatic nitrogens is 1. The van der Waals surface area contributed by atoms with E-state index in [4.69, 9.17) is 0 Å². The molecule has 0 radical (unpaired) electrons. The van der Waals surface area contributed by atoms with Gasteiger partial charge in [-0.15, -0.1) is 0 Å². The van der Waals surface area contributed by atoms with E-state index in [1.807, 2.05) is 0 Å². The highest BCUT2D eigenvalue weighted by Crippen LogP contribution is 2.25. The first-order valence-corrected chi connectivity index (χ1v) is 9.40. The van der Waals surface area contributed by atoms with Gasteiger partial charge in [0.15, 0.2) is 17.3 Å². The van der Waals surface area contributed by atoms with Crippen LogP contribution in [-0.4, -0.2) is 46.4 Å². The zero-order valence-electron chi connectivity index (χ0n) is 14.4. The fraction of sp³-hybridized carbons (Fsp3) is 0.294. The Morgan fingerprint density at radius 2 is 1.73 bits per heavy atom. The SMILES string of the molecule is CCN(CC)S(=O)(=O)c1ccc(=O)n(CC(=O)c2ccc(O)c(O)c2)c1. The highest BCUT2D eigenvalue weighted by atomic mass is 32.2. The quantitative estimate of drug-likeness (QED) is 0.550. The van der Waals surface area contributed by atoms with Crippen molar-refractivity contribution >= 4 is 15.8 Å². The third-order valence-electron chi connectivity index (χ3n) is 3.91. The van der Waals surface area contributed by atoms with Crippen LogP contribution >= 0.6 is 0 Å². The summed E-state index contributed by atoms with van der Waals surface area (Å²) in [6.45, 7) is 3.58. The molecule has 2 N–H and O–H groups in total. The number of nitrogens with zero attached hydrogens (tertiary/aromatic N) is 2. The molecule has 0 fully saturated rings. The van der Waals surface area contributed by atoms with Gasteiger partial charge in [0.2, 0.25) is 10.0 Å². The van der Waals surface area contributed by atoms with E-state index in [0.29, 0.717) is 0 Å². The largest absolute Gasteiger partial charge is 0.504 e. The van der Waals surface area contributed by atoms with Crippen molar-refractivity contribution in [1.82, 2.24) is 8.87 Å². The summed E-state index contributed by atoms with van der Waals surface area (Å²) < 4.78 is 27.4. The molecule has 2 rings (SSSR count). The molecule has 2 aromatic rings. The number of aromatic hydroxyl groups is 2. The molecular weight excluding hydrogens is 360 g/mol. The number of carbonyl (C=O) groups is 1. The van der Waals surface area contributed by atoms with E-state index in [9.17, 15) is 28.2 Å². The fourth-order valence-electron chi connectivity index (χ4n) is 2.44. The van der Waals surface area contributed by atoms with Crippen LogP contribution in [0.15, 0.2) is 46.2 Å². The maximum atomic E-state index is 12.6. The summed E-state index contributed by atoms with van der Waals surface area (Å²) in [5.41, 5.74) is -0.441. The van der Waals surface area contributed by atoms with Crippen LogP contribution in [0, 0.1) is 0 Å². The van der Waals surface area contributed by atoms with Gasteiger partial charge in [0.1, 0.15) is 0 Å². The third-order valence-corrected chi connectivity index (χ3v) is 5.94. The first kappa shape index (κ1) is 19.7. The summed E-state index contributed by atoms with van der Waals surface area (Å²) in [5.74, 6) is -1.34. The van der Waals surface area contributed by atoms with Crippen LogP contribution in [-0.2, 0) is 16.6 Å². The van der Waals surface area contributed by atoms with Gasteiger partial charge in [-0.1, -0.05) is 13.8 Å². The third kappa shape index (κ3) is 3.94. The smallest absolute Gasteiger partial charge is 0.251 e. The molecule has 0 amide bonds. The number of ketones is 1. The zero-order chi connectivity index (χ0) is 19.5. The molecule has 8 nitrogen and oxygen atoms in total. The Balaban J connectivity index is 2.37. The van der Waals surface area contributed by atoms with Crippen LogP contribution in [0.3, 0.4) is 0 Å². The summed E-state index contributed by atoms with van der Waals surface area (Å²) in [5, 5.41) is 18.8. The van der Waals surface area contributed by atoms with Crippen LogP contribution in [0.2, 0.25) is 0 Å². The molecule has 9 heteroatoms.